The van der Waals surface area contributed by atoms with Crippen LogP contribution in [-0.2, 0) is 9.59 Å². The molecule has 0 aliphatic carbocycles. The number of hydrogen-bond donors (Lipinski definition) is 1. The number of nitrogens with zero attached hydrogens (tertiary/aromatic N) is 2. The van der Waals surface area contributed by atoms with E-state index in [-0.39, 0.29) is 6.04 Å². The van der Waals surface area contributed by atoms with Crippen molar-refractivity contribution >= 4 is 28.3 Å². The third-order valence-electron chi connectivity index (χ3n) is 2.29. The molecule has 0 saturated heterocycles. The van der Waals surface area contributed by atoms with Crippen LogP contribution in [0.25, 0.3) is 0 Å². The van der Waals surface area contributed by atoms with E-state index in [9.17, 15) is 14.7 Å². The minimum absolute atomic E-state index is 0.201. The van der Waals surface area contributed by atoms with Crippen molar-refractivity contribution < 1.29 is 14.7 Å². The normalized spacial score (nSPS) is 12.2. The van der Waals surface area contributed by atoms with Crippen molar-refractivity contribution in [1.29, 1.82) is 0 Å². The summed E-state index contributed by atoms with van der Waals surface area (Å²) in [5.74, 6) is -1.08. The zero-order valence-electron chi connectivity index (χ0n) is 9.50. The lowest BCUT2D eigenvalue weighted by atomic mass is 10.1. The Labute approximate surface area is 108 Å². The second-order valence-corrected chi connectivity index (χ2v) is 4.74. The van der Waals surface area contributed by atoms with Gasteiger partial charge < -0.3 is 10.0 Å². The van der Waals surface area contributed by atoms with Crippen LogP contribution in [0.5, 0.6) is 0 Å². The van der Waals surface area contributed by atoms with Gasteiger partial charge in [-0.25, -0.2) is 4.79 Å². The topological polar surface area (TPSA) is 70.5 Å². The van der Waals surface area contributed by atoms with Crippen molar-refractivity contribution in [2.45, 2.75) is 25.9 Å². The maximum atomic E-state index is 11.3. The summed E-state index contributed by atoms with van der Waals surface area (Å²) in [6.45, 7) is 3.52. The molecule has 17 heavy (non-hydrogen) atoms. The van der Waals surface area contributed by atoms with Gasteiger partial charge in [-0.2, -0.15) is 0 Å². The van der Waals surface area contributed by atoms with E-state index in [0.29, 0.717) is 16.4 Å². The average molecular weight is 301 g/mol. The lowest BCUT2D eigenvalue weighted by Crippen LogP contribution is -2.38. The van der Waals surface area contributed by atoms with Crippen LogP contribution in [0.4, 0.5) is 0 Å². The van der Waals surface area contributed by atoms with E-state index in [1.165, 1.54) is 11.1 Å². The number of rotatable bonds is 5. The maximum absolute atomic E-state index is 11.3. The highest BCUT2D eigenvalue weighted by Gasteiger charge is 2.28. The Morgan fingerprint density at radius 3 is 2.59 bits per heavy atom. The molecular weight excluding hydrogens is 288 g/mol. The highest BCUT2D eigenvalue weighted by Crippen LogP contribution is 2.23. The van der Waals surface area contributed by atoms with Gasteiger partial charge >= 0.3 is 5.97 Å². The molecule has 0 aliphatic heterocycles. The van der Waals surface area contributed by atoms with E-state index in [1.807, 2.05) is 0 Å². The average Bonchev–Trinajstić information content (AvgIpc) is 2.24. The van der Waals surface area contributed by atoms with Gasteiger partial charge in [0.25, 0.3) is 0 Å². The molecule has 0 aliphatic rings. The molecule has 0 bridgehead atoms. The van der Waals surface area contributed by atoms with Crippen LogP contribution >= 0.6 is 15.9 Å². The molecule has 6 heteroatoms. The van der Waals surface area contributed by atoms with Crippen molar-refractivity contribution in [1.82, 2.24) is 9.88 Å². The van der Waals surface area contributed by atoms with E-state index >= 15 is 0 Å². The minimum atomic E-state index is -1.08. The molecule has 1 aromatic heterocycles. The first-order valence-electron chi connectivity index (χ1n) is 5.03. The van der Waals surface area contributed by atoms with Crippen LogP contribution in [0.2, 0.25) is 0 Å². The van der Waals surface area contributed by atoms with Gasteiger partial charge in [-0.1, -0.05) is 0 Å². The van der Waals surface area contributed by atoms with Crippen molar-refractivity contribution in [3.05, 3.63) is 28.5 Å². The van der Waals surface area contributed by atoms with Gasteiger partial charge in [0.1, 0.15) is 0 Å². The summed E-state index contributed by atoms with van der Waals surface area (Å²) in [4.78, 5) is 27.4. The van der Waals surface area contributed by atoms with Gasteiger partial charge in [0.2, 0.25) is 6.41 Å². The molecule has 0 fully saturated rings. The third-order valence-corrected chi connectivity index (χ3v) is 2.73. The number of halogens is 1. The van der Waals surface area contributed by atoms with E-state index in [2.05, 4.69) is 20.9 Å². The van der Waals surface area contributed by atoms with Crippen LogP contribution in [0.3, 0.4) is 0 Å². The van der Waals surface area contributed by atoms with Gasteiger partial charge in [0, 0.05) is 28.5 Å². The number of carboxylic acids is 1. The van der Waals surface area contributed by atoms with Crippen LogP contribution in [0.15, 0.2) is 22.9 Å². The first kappa shape index (κ1) is 13.6. The van der Waals surface area contributed by atoms with Crippen molar-refractivity contribution in [3.63, 3.8) is 0 Å². The van der Waals surface area contributed by atoms with E-state index in [1.54, 1.807) is 26.1 Å². The number of carboxylic acid groups (broad SMARTS) is 1. The number of amides is 1. The maximum Gasteiger partial charge on any atom is 0.331 e. The van der Waals surface area contributed by atoms with Crippen LogP contribution in [0.1, 0.15) is 25.5 Å². The molecule has 1 rings (SSSR count). The quantitative estimate of drug-likeness (QED) is 0.842. The minimum Gasteiger partial charge on any atom is -0.479 e. The van der Waals surface area contributed by atoms with Crippen molar-refractivity contribution in [3.8, 4) is 0 Å². The van der Waals surface area contributed by atoms with Crippen LogP contribution < -0.4 is 0 Å². The fourth-order valence-electron chi connectivity index (χ4n) is 1.50. The molecule has 1 amide bonds. The van der Waals surface area contributed by atoms with Crippen LogP contribution in [-0.4, -0.2) is 33.4 Å². The Bertz CT molecular complexity index is 423. The molecule has 0 saturated carbocycles. The number of pyridine rings is 1. The van der Waals surface area contributed by atoms with Crippen molar-refractivity contribution in [2.75, 3.05) is 0 Å². The fourth-order valence-corrected chi connectivity index (χ4v) is 1.88. The van der Waals surface area contributed by atoms with Crippen molar-refractivity contribution in [2.24, 2.45) is 0 Å². The van der Waals surface area contributed by atoms with Gasteiger partial charge in [-0.3, -0.25) is 9.78 Å². The lowest BCUT2D eigenvalue weighted by Gasteiger charge is -2.28. The molecule has 1 aromatic rings. The molecular formula is C11H13BrN2O3. The van der Waals surface area contributed by atoms with Crippen LogP contribution in [0, 0.1) is 0 Å². The number of hydrogen-bond acceptors (Lipinski definition) is 3. The molecule has 92 valence electrons. The SMILES string of the molecule is CC(C)N(C=O)C(C(=O)O)c1cncc(Br)c1. The lowest BCUT2D eigenvalue weighted by molar-refractivity contribution is -0.148. The first-order valence-corrected chi connectivity index (χ1v) is 5.82. The summed E-state index contributed by atoms with van der Waals surface area (Å²) in [5.41, 5.74) is 0.465. The summed E-state index contributed by atoms with van der Waals surface area (Å²) in [6, 6.07) is 0.426. The Balaban J connectivity index is 3.17. The largest absolute Gasteiger partial charge is 0.479 e. The number of carbonyl (C=O) groups is 2. The second-order valence-electron chi connectivity index (χ2n) is 3.82. The Kier molecular flexibility index (Phi) is 4.62. The molecule has 1 heterocycles. The number of aliphatic carboxylic acids is 1. The van der Waals surface area contributed by atoms with E-state index in [4.69, 9.17) is 0 Å². The molecule has 1 atom stereocenters. The van der Waals surface area contributed by atoms with E-state index in [0.717, 1.165) is 0 Å². The monoisotopic (exact) mass is 300 g/mol. The second kappa shape index (κ2) is 5.77. The molecule has 1 unspecified atom stereocenters. The molecule has 0 aromatic carbocycles. The summed E-state index contributed by atoms with van der Waals surface area (Å²) in [5, 5.41) is 9.22. The van der Waals surface area contributed by atoms with E-state index < -0.39 is 12.0 Å². The van der Waals surface area contributed by atoms with Gasteiger partial charge in [-0.05, 0) is 35.8 Å². The standard InChI is InChI=1S/C11H13BrN2O3/c1-7(2)14(6-15)10(11(16)17)8-3-9(12)5-13-4-8/h3-7,10H,1-2H3,(H,16,17). The summed E-state index contributed by atoms with van der Waals surface area (Å²) >= 11 is 3.23. The smallest absolute Gasteiger partial charge is 0.331 e. The number of carbonyl (C=O) groups excluding carboxylic acids is 1. The molecule has 0 spiro atoms. The fraction of sp³-hybridized carbons (Fsp3) is 0.364. The Hall–Kier alpha value is -1.43. The predicted molar refractivity (Wildman–Crippen MR) is 65.4 cm³/mol. The highest BCUT2D eigenvalue weighted by atomic mass is 79.9. The van der Waals surface area contributed by atoms with Gasteiger partial charge in [0.05, 0.1) is 0 Å². The molecule has 0 radical (unpaired) electrons. The third kappa shape index (κ3) is 3.26. The zero-order chi connectivity index (χ0) is 13.0. The molecule has 5 nitrogen and oxygen atoms in total. The Morgan fingerprint density at radius 2 is 2.18 bits per heavy atom. The Morgan fingerprint density at radius 1 is 1.53 bits per heavy atom. The summed E-state index contributed by atoms with van der Waals surface area (Å²) < 4.78 is 0.677. The van der Waals surface area contributed by atoms with Gasteiger partial charge in [0.15, 0.2) is 6.04 Å². The summed E-state index contributed by atoms with van der Waals surface area (Å²) in [6.07, 6.45) is 3.55. The molecule has 1 N–H and O–H groups in total. The number of aromatic nitrogens is 1. The van der Waals surface area contributed by atoms with Gasteiger partial charge in [-0.15, -0.1) is 0 Å². The first-order chi connectivity index (χ1) is 7.97. The zero-order valence-corrected chi connectivity index (χ0v) is 11.1. The summed E-state index contributed by atoms with van der Waals surface area (Å²) in [7, 11) is 0. The predicted octanol–water partition coefficient (Wildman–Crippen LogP) is 1.84. The highest BCUT2D eigenvalue weighted by molar-refractivity contribution is 9.10.